The van der Waals surface area contributed by atoms with Gasteiger partial charge in [-0.2, -0.15) is 0 Å². The average Bonchev–Trinajstić information content (AvgIpc) is 1.90. The topological polar surface area (TPSA) is 47.6 Å². The Hall–Kier alpha value is -0.770. The summed E-state index contributed by atoms with van der Waals surface area (Å²) < 4.78 is 5.21. The molecular formula is C6H9BrN2O. The van der Waals surface area contributed by atoms with Crippen LogP contribution in [0.5, 0.6) is 0 Å². The minimum atomic E-state index is 0.433. The van der Waals surface area contributed by atoms with Crippen LogP contribution in [0.4, 0.5) is 0 Å². The number of aliphatic imine (C=N–C) groups is 1. The van der Waals surface area contributed by atoms with Crippen molar-refractivity contribution in [3.63, 3.8) is 0 Å². The molecule has 0 heterocycles. The van der Waals surface area contributed by atoms with Crippen molar-refractivity contribution in [3.8, 4) is 0 Å². The Morgan fingerprint density at radius 2 is 2.40 bits per heavy atom. The molecule has 0 saturated carbocycles. The molecule has 10 heavy (non-hydrogen) atoms. The van der Waals surface area contributed by atoms with Crippen molar-refractivity contribution in [1.82, 2.24) is 0 Å². The first-order valence-electron chi connectivity index (χ1n) is 2.56. The van der Waals surface area contributed by atoms with Crippen LogP contribution in [0.1, 0.15) is 0 Å². The lowest BCUT2D eigenvalue weighted by molar-refractivity contribution is 0.407. The maximum Gasteiger partial charge on any atom is 0.212 e. The van der Waals surface area contributed by atoms with Crippen LogP contribution in [0, 0.1) is 0 Å². The zero-order valence-electron chi connectivity index (χ0n) is 5.67. The zero-order chi connectivity index (χ0) is 7.98. The molecule has 0 fully saturated rings. The van der Waals surface area contributed by atoms with E-state index in [-0.39, 0.29) is 0 Å². The van der Waals surface area contributed by atoms with Gasteiger partial charge in [-0.15, -0.1) is 0 Å². The highest BCUT2D eigenvalue weighted by Crippen LogP contribution is 1.94. The molecule has 0 spiro atoms. The number of methoxy groups -OCH3 is 1. The van der Waals surface area contributed by atoms with E-state index >= 15 is 0 Å². The highest BCUT2D eigenvalue weighted by molar-refractivity contribution is 9.11. The summed E-state index contributed by atoms with van der Waals surface area (Å²) in [6.45, 7) is 3.47. The number of nitrogens with zero attached hydrogens (tertiary/aromatic N) is 1. The van der Waals surface area contributed by atoms with Crippen molar-refractivity contribution in [2.45, 2.75) is 0 Å². The highest BCUT2D eigenvalue weighted by Gasteiger charge is 1.84. The normalized spacial score (nSPS) is 13.0. The maximum atomic E-state index is 5.23. The number of nitrogens with two attached hydrogens (primary N) is 1. The minimum absolute atomic E-state index is 0.433. The van der Waals surface area contributed by atoms with E-state index in [4.69, 9.17) is 10.5 Å². The van der Waals surface area contributed by atoms with Gasteiger partial charge in [0.05, 0.1) is 17.9 Å². The van der Waals surface area contributed by atoms with Crippen molar-refractivity contribution >= 4 is 21.8 Å². The summed E-state index contributed by atoms with van der Waals surface area (Å²) in [6.07, 6.45) is 2.92. The molecule has 0 aromatic heterocycles. The molecule has 0 aliphatic heterocycles. The molecule has 0 aliphatic carbocycles. The van der Waals surface area contributed by atoms with Crippen molar-refractivity contribution in [1.29, 1.82) is 0 Å². The Balaban J connectivity index is 4.12. The number of rotatable bonds is 2. The second-order valence-corrected chi connectivity index (χ2v) is 2.31. The van der Waals surface area contributed by atoms with E-state index in [1.807, 2.05) is 0 Å². The molecule has 0 unspecified atom stereocenters. The lowest BCUT2D eigenvalue weighted by Gasteiger charge is -1.93. The molecule has 3 nitrogen and oxygen atoms in total. The molecule has 0 atom stereocenters. The van der Waals surface area contributed by atoms with Crippen LogP contribution in [0.3, 0.4) is 0 Å². The van der Waals surface area contributed by atoms with Crippen molar-refractivity contribution < 1.29 is 4.74 Å². The largest absolute Gasteiger partial charge is 0.481 e. The van der Waals surface area contributed by atoms with Gasteiger partial charge in [0.2, 0.25) is 5.90 Å². The SMILES string of the molecule is C=C/C(=N\C=C(/N)Br)OC. The van der Waals surface area contributed by atoms with Crippen LogP contribution in [-0.2, 0) is 4.74 Å². The van der Waals surface area contributed by atoms with Gasteiger partial charge in [0.15, 0.2) is 0 Å². The summed E-state index contributed by atoms with van der Waals surface area (Å²) in [5, 5.41) is 0. The first-order valence-corrected chi connectivity index (χ1v) is 3.35. The van der Waals surface area contributed by atoms with Crippen LogP contribution in [-0.4, -0.2) is 13.0 Å². The second-order valence-electron chi connectivity index (χ2n) is 1.39. The molecule has 0 aromatic carbocycles. The molecule has 4 heteroatoms. The van der Waals surface area contributed by atoms with Gasteiger partial charge in [-0.05, 0) is 22.0 Å². The van der Waals surface area contributed by atoms with Crippen LogP contribution >= 0.6 is 15.9 Å². The monoisotopic (exact) mass is 204 g/mol. The molecule has 0 aliphatic rings. The Morgan fingerprint density at radius 1 is 1.80 bits per heavy atom. The predicted octanol–water partition coefficient (Wildman–Crippen LogP) is 1.37. The first-order chi connectivity index (χ1) is 4.70. The lowest BCUT2D eigenvalue weighted by atomic mass is 10.6. The zero-order valence-corrected chi connectivity index (χ0v) is 7.26. The van der Waals surface area contributed by atoms with Crippen molar-refractivity contribution in [2.24, 2.45) is 10.7 Å². The third-order valence-electron chi connectivity index (χ3n) is 0.699. The number of halogens is 1. The van der Waals surface area contributed by atoms with E-state index < -0.39 is 0 Å². The summed E-state index contributed by atoms with van der Waals surface area (Å²) in [5.74, 6) is 0.433. The van der Waals surface area contributed by atoms with Crippen LogP contribution in [0.25, 0.3) is 0 Å². The molecule has 0 rings (SSSR count). The Labute approximate surface area is 68.4 Å². The summed E-state index contributed by atoms with van der Waals surface area (Å²) >= 11 is 3.00. The number of hydrogen-bond donors (Lipinski definition) is 1. The summed E-state index contributed by atoms with van der Waals surface area (Å²) in [6, 6.07) is 0. The van der Waals surface area contributed by atoms with Crippen LogP contribution in [0.2, 0.25) is 0 Å². The molecule has 0 aromatic rings. The van der Waals surface area contributed by atoms with E-state index in [0.29, 0.717) is 10.5 Å². The Kier molecular flexibility index (Phi) is 4.66. The summed E-state index contributed by atoms with van der Waals surface area (Å²) in [4.78, 5) is 3.80. The van der Waals surface area contributed by atoms with E-state index in [2.05, 4.69) is 27.5 Å². The van der Waals surface area contributed by atoms with E-state index in [9.17, 15) is 0 Å². The molecule has 0 bridgehead atoms. The van der Waals surface area contributed by atoms with Gasteiger partial charge in [0.25, 0.3) is 0 Å². The third-order valence-corrected chi connectivity index (χ3v) is 0.904. The Bertz CT molecular complexity index is 171. The standard InChI is InChI=1S/C6H9BrN2O/c1-3-6(10-2)9-4-5(7)8/h3-4H,1,8H2,2H3/b5-4-,9-6+. The third kappa shape index (κ3) is 4.14. The quantitative estimate of drug-likeness (QED) is 0.420. The smallest absolute Gasteiger partial charge is 0.212 e. The van der Waals surface area contributed by atoms with Crippen molar-refractivity contribution in [2.75, 3.05) is 7.11 Å². The van der Waals surface area contributed by atoms with Crippen LogP contribution < -0.4 is 5.73 Å². The molecule has 2 N–H and O–H groups in total. The van der Waals surface area contributed by atoms with Gasteiger partial charge in [-0.1, -0.05) is 6.58 Å². The molecule has 56 valence electrons. The fourth-order valence-electron chi connectivity index (χ4n) is 0.314. The molecule has 0 saturated heterocycles. The fourth-order valence-corrected chi connectivity index (χ4v) is 0.416. The van der Waals surface area contributed by atoms with E-state index in [1.165, 1.54) is 19.4 Å². The first kappa shape index (κ1) is 9.23. The van der Waals surface area contributed by atoms with E-state index in [0.717, 1.165) is 0 Å². The number of ether oxygens (including phenoxy) is 1. The van der Waals surface area contributed by atoms with E-state index in [1.54, 1.807) is 0 Å². The number of hydrogen-bond acceptors (Lipinski definition) is 3. The summed E-state index contributed by atoms with van der Waals surface area (Å²) in [7, 11) is 1.51. The van der Waals surface area contributed by atoms with Gasteiger partial charge < -0.3 is 10.5 Å². The van der Waals surface area contributed by atoms with Gasteiger partial charge in [-0.25, -0.2) is 4.99 Å². The van der Waals surface area contributed by atoms with Gasteiger partial charge >= 0.3 is 0 Å². The van der Waals surface area contributed by atoms with Gasteiger partial charge in [0, 0.05) is 0 Å². The molecule has 0 radical (unpaired) electrons. The average molecular weight is 205 g/mol. The summed E-state index contributed by atoms with van der Waals surface area (Å²) in [5.41, 5.74) is 5.23. The Morgan fingerprint density at radius 3 is 2.70 bits per heavy atom. The fraction of sp³-hybridized carbons (Fsp3) is 0.167. The predicted molar refractivity (Wildman–Crippen MR) is 45.8 cm³/mol. The minimum Gasteiger partial charge on any atom is -0.481 e. The highest BCUT2D eigenvalue weighted by atomic mass is 79.9. The molecule has 0 amide bonds. The maximum absolute atomic E-state index is 5.23. The lowest BCUT2D eigenvalue weighted by Crippen LogP contribution is -1.94. The van der Waals surface area contributed by atoms with Gasteiger partial charge in [0.1, 0.15) is 0 Å². The van der Waals surface area contributed by atoms with Crippen LogP contribution in [0.15, 0.2) is 28.5 Å². The molecular weight excluding hydrogens is 196 g/mol. The van der Waals surface area contributed by atoms with Gasteiger partial charge in [-0.3, -0.25) is 0 Å². The second kappa shape index (κ2) is 5.05. The van der Waals surface area contributed by atoms with Crippen molar-refractivity contribution in [3.05, 3.63) is 23.5 Å².